The lowest BCUT2D eigenvalue weighted by Gasteiger charge is -2.31. The number of aromatic hydroxyl groups is 1. The first-order valence-electron chi connectivity index (χ1n) is 8.27. The average molecular weight is 431 g/mol. The van der Waals surface area contributed by atoms with Gasteiger partial charge in [-0.1, -0.05) is 23.2 Å². The maximum absolute atomic E-state index is 12.6. The Bertz CT molecular complexity index is 793. The zero-order valence-corrected chi connectivity index (χ0v) is 17.7. The molecule has 1 aliphatic rings. The van der Waals surface area contributed by atoms with E-state index in [0.29, 0.717) is 5.56 Å². The summed E-state index contributed by atoms with van der Waals surface area (Å²) in [5, 5.41) is 9.17. The number of nitrogens with zero attached hydrogens (tertiary/aromatic N) is 2. The number of benzene rings is 1. The number of carbonyl (C=O) groups is 3. The Kier molecular flexibility index (Phi) is 6.83. The third kappa shape index (κ3) is 4.78. The maximum Gasteiger partial charge on any atom is 0.294 e. The van der Waals surface area contributed by atoms with E-state index in [9.17, 15) is 19.5 Å². The van der Waals surface area contributed by atoms with Gasteiger partial charge in [-0.15, -0.1) is 0 Å². The molecule has 1 N–H and O–H groups in total. The lowest BCUT2D eigenvalue weighted by molar-refractivity contribution is -0.138. The van der Waals surface area contributed by atoms with Crippen molar-refractivity contribution in [1.82, 2.24) is 9.80 Å². The van der Waals surface area contributed by atoms with Gasteiger partial charge in [-0.2, -0.15) is 0 Å². The molecule has 0 aliphatic carbocycles. The highest BCUT2D eigenvalue weighted by molar-refractivity contribution is 8.18. The summed E-state index contributed by atoms with van der Waals surface area (Å²) in [6.45, 7) is 7.21. The molecule has 1 aliphatic heterocycles. The summed E-state index contributed by atoms with van der Waals surface area (Å²) >= 11 is 12.5. The number of rotatable bonds is 5. The van der Waals surface area contributed by atoms with Crippen molar-refractivity contribution in [2.24, 2.45) is 0 Å². The molecule has 1 saturated heterocycles. The lowest BCUT2D eigenvalue weighted by atomic mass is 10.2. The van der Waals surface area contributed by atoms with Crippen molar-refractivity contribution in [2.75, 3.05) is 6.54 Å². The predicted molar refractivity (Wildman–Crippen MR) is 108 cm³/mol. The molecule has 0 saturated carbocycles. The highest BCUT2D eigenvalue weighted by Crippen LogP contribution is 2.36. The molecule has 1 fully saturated rings. The molecule has 3 amide bonds. The fourth-order valence-electron chi connectivity index (χ4n) is 2.85. The van der Waals surface area contributed by atoms with Gasteiger partial charge < -0.3 is 10.0 Å². The van der Waals surface area contributed by atoms with Crippen LogP contribution in [0.1, 0.15) is 33.3 Å². The molecule has 0 radical (unpaired) electrons. The first-order chi connectivity index (χ1) is 12.5. The molecule has 146 valence electrons. The van der Waals surface area contributed by atoms with Crippen molar-refractivity contribution < 1.29 is 19.5 Å². The molecule has 0 spiro atoms. The Morgan fingerprint density at radius 2 is 1.70 bits per heavy atom. The van der Waals surface area contributed by atoms with E-state index >= 15 is 0 Å². The van der Waals surface area contributed by atoms with E-state index in [-0.39, 0.29) is 45.2 Å². The Labute approximate surface area is 172 Å². The first-order valence-corrected chi connectivity index (χ1v) is 9.84. The number of imide groups is 1. The van der Waals surface area contributed by atoms with Crippen molar-refractivity contribution in [3.63, 3.8) is 0 Å². The standard InChI is InChI=1S/C18H20Cl2N2O4S/c1-9(2)22(10(3)4)15(23)8-21-17(25)14(27-18(21)26)7-11-5-12(19)16(24)13(20)6-11/h5-7,9-10,24H,8H2,1-4H3/b14-7-. The predicted octanol–water partition coefficient (Wildman–Crippen LogP) is 4.38. The van der Waals surface area contributed by atoms with Crippen molar-refractivity contribution in [1.29, 1.82) is 0 Å². The first kappa shape index (κ1) is 21.6. The van der Waals surface area contributed by atoms with Crippen LogP contribution < -0.4 is 0 Å². The van der Waals surface area contributed by atoms with Crippen LogP contribution in [-0.2, 0) is 9.59 Å². The number of thioether (sulfide) groups is 1. The van der Waals surface area contributed by atoms with E-state index in [4.69, 9.17) is 23.2 Å². The normalized spacial score (nSPS) is 16.1. The van der Waals surface area contributed by atoms with Crippen LogP contribution in [0.2, 0.25) is 10.0 Å². The smallest absolute Gasteiger partial charge is 0.294 e. The zero-order chi connectivity index (χ0) is 20.5. The molecule has 0 aromatic heterocycles. The van der Waals surface area contributed by atoms with Crippen LogP contribution in [0.4, 0.5) is 4.79 Å². The summed E-state index contributed by atoms with van der Waals surface area (Å²) in [5.41, 5.74) is 0.464. The van der Waals surface area contributed by atoms with Gasteiger partial charge in [-0.25, -0.2) is 0 Å². The third-order valence-electron chi connectivity index (χ3n) is 3.90. The Hall–Kier alpha value is -1.70. The molecular formula is C18H20Cl2N2O4S. The number of phenols is 1. The van der Waals surface area contributed by atoms with Gasteiger partial charge in [0, 0.05) is 12.1 Å². The number of halogens is 2. The molecule has 1 aromatic rings. The minimum Gasteiger partial charge on any atom is -0.505 e. The third-order valence-corrected chi connectivity index (χ3v) is 5.39. The van der Waals surface area contributed by atoms with E-state index in [2.05, 4.69) is 0 Å². The molecule has 0 atom stereocenters. The molecule has 6 nitrogen and oxygen atoms in total. The molecule has 0 unspecified atom stereocenters. The second-order valence-corrected chi connectivity index (χ2v) is 8.40. The van der Waals surface area contributed by atoms with Gasteiger partial charge in [0.25, 0.3) is 11.1 Å². The highest BCUT2D eigenvalue weighted by atomic mass is 35.5. The second kappa shape index (κ2) is 8.54. The van der Waals surface area contributed by atoms with Crippen LogP contribution >= 0.6 is 35.0 Å². The number of hydrogen-bond donors (Lipinski definition) is 1. The average Bonchev–Trinajstić information content (AvgIpc) is 2.79. The molecule has 9 heteroatoms. The van der Waals surface area contributed by atoms with Gasteiger partial charge in [0.2, 0.25) is 5.91 Å². The maximum atomic E-state index is 12.6. The zero-order valence-electron chi connectivity index (χ0n) is 15.3. The summed E-state index contributed by atoms with van der Waals surface area (Å²) in [7, 11) is 0. The number of carbonyl (C=O) groups excluding carboxylic acids is 3. The molecule has 2 rings (SSSR count). The van der Waals surface area contributed by atoms with Crippen LogP contribution in [-0.4, -0.2) is 50.6 Å². The minimum absolute atomic E-state index is 0.0349. The SMILES string of the molecule is CC(C)N(C(=O)CN1C(=O)S/C(=C\c2cc(Cl)c(O)c(Cl)c2)C1=O)C(C)C. The summed E-state index contributed by atoms with van der Waals surface area (Å²) in [4.78, 5) is 40.1. The summed E-state index contributed by atoms with van der Waals surface area (Å²) < 4.78 is 0. The Morgan fingerprint density at radius 3 is 2.19 bits per heavy atom. The van der Waals surface area contributed by atoms with Gasteiger partial charge in [-0.05, 0) is 63.2 Å². The summed E-state index contributed by atoms with van der Waals surface area (Å²) in [6.07, 6.45) is 1.45. The summed E-state index contributed by atoms with van der Waals surface area (Å²) in [6, 6.07) is 2.77. The van der Waals surface area contributed by atoms with E-state index < -0.39 is 11.1 Å². The van der Waals surface area contributed by atoms with Gasteiger partial charge in [0.1, 0.15) is 6.54 Å². The number of amides is 3. The van der Waals surface area contributed by atoms with Crippen molar-refractivity contribution in [3.8, 4) is 5.75 Å². The van der Waals surface area contributed by atoms with E-state index in [0.717, 1.165) is 16.7 Å². The van der Waals surface area contributed by atoms with Gasteiger partial charge >= 0.3 is 0 Å². The van der Waals surface area contributed by atoms with Crippen molar-refractivity contribution in [2.45, 2.75) is 39.8 Å². The number of hydrogen-bond acceptors (Lipinski definition) is 5. The second-order valence-electron chi connectivity index (χ2n) is 6.59. The van der Waals surface area contributed by atoms with Gasteiger partial charge in [0.15, 0.2) is 5.75 Å². The van der Waals surface area contributed by atoms with E-state index in [1.54, 1.807) is 4.90 Å². The van der Waals surface area contributed by atoms with Crippen LogP contribution in [0.15, 0.2) is 17.0 Å². The lowest BCUT2D eigenvalue weighted by Crippen LogP contribution is -2.48. The fourth-order valence-corrected chi connectivity index (χ4v) is 4.19. The molecular weight excluding hydrogens is 411 g/mol. The Balaban J connectivity index is 2.23. The fraction of sp³-hybridized carbons (Fsp3) is 0.389. The van der Waals surface area contributed by atoms with Gasteiger partial charge in [0.05, 0.1) is 15.0 Å². The molecule has 1 heterocycles. The number of phenolic OH excluding ortho intramolecular Hbond substituents is 1. The minimum atomic E-state index is -0.550. The Morgan fingerprint density at radius 1 is 1.19 bits per heavy atom. The largest absolute Gasteiger partial charge is 0.505 e. The van der Waals surface area contributed by atoms with E-state index in [1.807, 2.05) is 27.7 Å². The van der Waals surface area contributed by atoms with Crippen molar-refractivity contribution >= 4 is 58.1 Å². The molecule has 1 aromatic carbocycles. The topological polar surface area (TPSA) is 77.9 Å². The highest BCUT2D eigenvalue weighted by Gasteiger charge is 2.37. The van der Waals surface area contributed by atoms with Crippen LogP contribution in [0.5, 0.6) is 5.75 Å². The van der Waals surface area contributed by atoms with Gasteiger partial charge in [-0.3, -0.25) is 19.3 Å². The van der Waals surface area contributed by atoms with Crippen LogP contribution in [0.25, 0.3) is 6.08 Å². The molecule has 27 heavy (non-hydrogen) atoms. The van der Waals surface area contributed by atoms with Crippen molar-refractivity contribution in [3.05, 3.63) is 32.6 Å². The molecule has 0 bridgehead atoms. The van der Waals surface area contributed by atoms with Crippen LogP contribution in [0, 0.1) is 0 Å². The monoisotopic (exact) mass is 430 g/mol. The summed E-state index contributed by atoms with van der Waals surface area (Å²) in [5.74, 6) is -1.10. The van der Waals surface area contributed by atoms with E-state index in [1.165, 1.54) is 18.2 Å². The van der Waals surface area contributed by atoms with Crippen LogP contribution in [0.3, 0.4) is 0 Å². The quantitative estimate of drug-likeness (QED) is 0.701.